The van der Waals surface area contributed by atoms with Crippen molar-refractivity contribution in [3.8, 4) is 0 Å². The largest absolute Gasteiger partial charge is 0.528 e. The molecule has 0 aliphatic heterocycles. The van der Waals surface area contributed by atoms with Gasteiger partial charge in [0.2, 0.25) is 10.5 Å². The summed E-state index contributed by atoms with van der Waals surface area (Å²) in [5.74, 6) is 0.623. The minimum atomic E-state index is -0.204. The normalized spacial score (nSPS) is 13.2. The van der Waals surface area contributed by atoms with Crippen LogP contribution in [0.25, 0.3) is 0 Å². The van der Waals surface area contributed by atoms with E-state index in [1.807, 2.05) is 0 Å². The average Bonchev–Trinajstić information content (AvgIpc) is 2.55. The number of rotatable bonds is 15. The van der Waals surface area contributed by atoms with Gasteiger partial charge in [-0.05, 0) is 31.6 Å². The molecular weight excluding hydrogens is 300 g/mol. The molecule has 23 heavy (non-hydrogen) atoms. The van der Waals surface area contributed by atoms with E-state index in [2.05, 4.69) is 27.7 Å². The predicted octanol–water partition coefficient (Wildman–Crippen LogP) is 5.56. The summed E-state index contributed by atoms with van der Waals surface area (Å²) in [5.41, 5.74) is -0.204. The molecule has 0 spiro atoms. The molecule has 2 nitrogen and oxygen atoms in total. The average molecular weight is 343 g/mol. The highest BCUT2D eigenvalue weighted by molar-refractivity contribution is 6.06. The van der Waals surface area contributed by atoms with Crippen LogP contribution in [0.5, 0.6) is 0 Å². The highest BCUT2D eigenvalue weighted by atomic mass is 28.2. The Morgan fingerprint density at radius 1 is 0.826 bits per heavy atom. The lowest BCUT2D eigenvalue weighted by Gasteiger charge is -2.39. The minimum absolute atomic E-state index is 0.109. The van der Waals surface area contributed by atoms with Crippen LogP contribution in [0.2, 0.25) is 0 Å². The second-order valence-electron chi connectivity index (χ2n) is 7.19. The molecule has 0 aromatic rings. The van der Waals surface area contributed by atoms with Gasteiger partial charge in [0.05, 0.1) is 5.41 Å². The van der Waals surface area contributed by atoms with Crippen molar-refractivity contribution in [1.29, 1.82) is 0 Å². The molecule has 0 N–H and O–H groups in total. The summed E-state index contributed by atoms with van der Waals surface area (Å²) < 4.78 is 5.41. The fourth-order valence-electron chi connectivity index (χ4n) is 4.22. The quantitative estimate of drug-likeness (QED) is 0.287. The zero-order valence-electron chi connectivity index (χ0n) is 16.6. The van der Waals surface area contributed by atoms with Gasteiger partial charge in [0.25, 0.3) is 5.97 Å². The summed E-state index contributed by atoms with van der Waals surface area (Å²) >= 11 is 0. The molecule has 0 aliphatic carbocycles. The second-order valence-corrected chi connectivity index (χ2v) is 7.60. The van der Waals surface area contributed by atoms with Crippen molar-refractivity contribution in [3.63, 3.8) is 0 Å². The van der Waals surface area contributed by atoms with E-state index in [-0.39, 0.29) is 11.4 Å². The molecule has 0 rings (SSSR count). The zero-order chi connectivity index (χ0) is 17.6. The molecule has 1 unspecified atom stereocenters. The van der Waals surface area contributed by atoms with Gasteiger partial charge in [0.15, 0.2) is 0 Å². The molecule has 0 amide bonds. The van der Waals surface area contributed by atoms with E-state index in [1.54, 1.807) is 0 Å². The van der Waals surface area contributed by atoms with Gasteiger partial charge >= 0.3 is 0 Å². The van der Waals surface area contributed by atoms with E-state index in [0.29, 0.717) is 16.4 Å². The van der Waals surface area contributed by atoms with Gasteiger partial charge in [0.1, 0.15) is 0 Å². The van der Waals surface area contributed by atoms with Crippen molar-refractivity contribution in [2.24, 2.45) is 11.3 Å². The Balaban J connectivity index is 4.86. The number of carbonyl (C=O) groups excluding carboxylic acids is 1. The van der Waals surface area contributed by atoms with Gasteiger partial charge in [-0.3, -0.25) is 4.79 Å². The monoisotopic (exact) mass is 342 g/mol. The van der Waals surface area contributed by atoms with Gasteiger partial charge in [-0.25, -0.2) is 0 Å². The Bertz CT molecular complexity index is 285. The molecule has 0 aliphatic rings. The maximum atomic E-state index is 12.7. The summed E-state index contributed by atoms with van der Waals surface area (Å²) in [5, 5.41) is 0. The van der Waals surface area contributed by atoms with Crippen molar-refractivity contribution in [1.82, 2.24) is 0 Å². The Kier molecular flexibility index (Phi) is 13.9. The van der Waals surface area contributed by atoms with Gasteiger partial charge in [-0.15, -0.1) is 0 Å². The van der Waals surface area contributed by atoms with Gasteiger partial charge < -0.3 is 4.43 Å². The van der Waals surface area contributed by atoms with Gasteiger partial charge in [-0.2, -0.15) is 0 Å². The maximum Gasteiger partial charge on any atom is 0.298 e. The first-order valence-electron chi connectivity index (χ1n) is 10.2. The van der Waals surface area contributed by atoms with Crippen molar-refractivity contribution in [2.75, 3.05) is 0 Å². The van der Waals surface area contributed by atoms with Crippen LogP contribution in [-0.4, -0.2) is 16.5 Å². The Hall–Kier alpha value is -0.313. The lowest BCUT2D eigenvalue weighted by atomic mass is 9.66. The summed E-state index contributed by atoms with van der Waals surface area (Å²) in [7, 11) is 0.525. The highest BCUT2D eigenvalue weighted by Gasteiger charge is 2.43. The van der Waals surface area contributed by atoms with Crippen LogP contribution in [0.15, 0.2) is 0 Å². The van der Waals surface area contributed by atoms with Crippen LogP contribution in [0.3, 0.4) is 0 Å². The lowest BCUT2D eigenvalue weighted by molar-refractivity contribution is -0.151. The van der Waals surface area contributed by atoms with Crippen LogP contribution in [0.1, 0.15) is 111 Å². The van der Waals surface area contributed by atoms with E-state index in [0.717, 1.165) is 25.7 Å². The highest BCUT2D eigenvalue weighted by Crippen LogP contribution is 2.44. The van der Waals surface area contributed by atoms with Crippen LogP contribution in [0, 0.1) is 11.3 Å². The molecular formula is C20H42O2Si. The van der Waals surface area contributed by atoms with Crippen molar-refractivity contribution >= 4 is 16.5 Å². The molecule has 138 valence electrons. The maximum absolute atomic E-state index is 12.7. The molecule has 0 bridgehead atoms. The summed E-state index contributed by atoms with van der Waals surface area (Å²) in [6.45, 7) is 8.93. The zero-order valence-corrected chi connectivity index (χ0v) is 18.6. The van der Waals surface area contributed by atoms with Crippen LogP contribution >= 0.6 is 0 Å². The standard InChI is InChI=1S/C20H42O2Si/c1-5-9-10-11-12-13-15-18(14-6-2)20(16-7-3,17-8-4)19(21)22-23/h18H,5-17H2,1-4,23H3. The Morgan fingerprint density at radius 2 is 1.39 bits per heavy atom. The molecule has 0 saturated carbocycles. The molecule has 3 heteroatoms. The molecule has 1 atom stereocenters. The molecule has 0 radical (unpaired) electrons. The smallest absolute Gasteiger partial charge is 0.298 e. The van der Waals surface area contributed by atoms with E-state index in [1.165, 1.54) is 57.8 Å². The van der Waals surface area contributed by atoms with Gasteiger partial charge in [-0.1, -0.05) is 85.5 Å². The fourth-order valence-corrected chi connectivity index (χ4v) is 4.62. The SMILES string of the molecule is CCCCCCCCC(CCC)C(CCC)(CCC)C(=O)O[SiH3]. The number of hydrogen-bond donors (Lipinski definition) is 0. The van der Waals surface area contributed by atoms with Crippen molar-refractivity contribution in [3.05, 3.63) is 0 Å². The van der Waals surface area contributed by atoms with E-state index >= 15 is 0 Å². The van der Waals surface area contributed by atoms with E-state index in [9.17, 15) is 4.79 Å². The van der Waals surface area contributed by atoms with Crippen LogP contribution in [-0.2, 0) is 9.22 Å². The first kappa shape index (κ1) is 22.7. The first-order valence-corrected chi connectivity index (χ1v) is 11.0. The van der Waals surface area contributed by atoms with Crippen LogP contribution in [0.4, 0.5) is 0 Å². The lowest BCUT2D eigenvalue weighted by Crippen LogP contribution is -2.40. The Labute approximate surface area is 148 Å². The molecule has 0 saturated heterocycles. The molecule has 0 heterocycles. The molecule has 0 aromatic carbocycles. The predicted molar refractivity (Wildman–Crippen MR) is 105 cm³/mol. The van der Waals surface area contributed by atoms with E-state index < -0.39 is 0 Å². The van der Waals surface area contributed by atoms with Crippen molar-refractivity contribution < 1.29 is 9.22 Å². The molecule has 0 aromatic heterocycles. The summed E-state index contributed by atoms with van der Waals surface area (Å²) in [6.07, 6.45) is 15.7. The topological polar surface area (TPSA) is 26.3 Å². The second kappa shape index (κ2) is 14.1. The van der Waals surface area contributed by atoms with E-state index in [4.69, 9.17) is 4.43 Å². The third-order valence-electron chi connectivity index (χ3n) is 5.31. The third kappa shape index (κ3) is 7.87. The third-order valence-corrected chi connectivity index (χ3v) is 5.68. The van der Waals surface area contributed by atoms with Crippen LogP contribution < -0.4 is 0 Å². The minimum Gasteiger partial charge on any atom is -0.528 e. The molecule has 0 fully saturated rings. The number of unbranched alkanes of at least 4 members (excludes halogenated alkanes) is 5. The fraction of sp³-hybridized carbons (Fsp3) is 0.950. The Morgan fingerprint density at radius 3 is 1.87 bits per heavy atom. The van der Waals surface area contributed by atoms with Crippen molar-refractivity contribution in [2.45, 2.75) is 111 Å². The first-order chi connectivity index (χ1) is 11.1. The van der Waals surface area contributed by atoms with Gasteiger partial charge in [0, 0.05) is 0 Å². The number of carbonyl (C=O) groups is 1. The summed E-state index contributed by atoms with van der Waals surface area (Å²) in [6, 6.07) is 0. The summed E-state index contributed by atoms with van der Waals surface area (Å²) in [4.78, 5) is 12.7. The number of hydrogen-bond acceptors (Lipinski definition) is 2.